The van der Waals surface area contributed by atoms with Crippen LogP contribution in [-0.2, 0) is 0 Å². The quantitative estimate of drug-likeness (QED) is 0.301. The molecular weight excluding hydrogens is 64.0 g/mol. The summed E-state index contributed by atoms with van der Waals surface area (Å²) in [5.41, 5.74) is 0. The average molecular weight is 71.1 g/mol. The van der Waals surface area contributed by atoms with E-state index in [1.807, 2.05) is 0 Å². The van der Waals surface area contributed by atoms with Crippen LogP contribution in [0.4, 0.5) is 0 Å². The number of nitrogens with zero attached hydrogens (tertiary/aromatic N) is 1. The Labute approximate surface area is 31.7 Å². The molecule has 0 saturated carbocycles. The molecule has 29 valence electrons. The highest BCUT2D eigenvalue weighted by atomic mass is 14.9. The minimum Gasteiger partial charge on any atom is -0.375 e. The van der Waals surface area contributed by atoms with Crippen molar-refractivity contribution >= 4 is 5.84 Å². The predicted octanol–water partition coefficient (Wildman–Crippen LogP) is -0.576. The van der Waals surface area contributed by atoms with Crippen molar-refractivity contribution < 1.29 is 0 Å². The van der Waals surface area contributed by atoms with Gasteiger partial charge in [0.15, 0.2) is 0 Å². The Balaban J connectivity index is 2.85. The smallest absolute Gasteiger partial charge is 0.121 e. The standard InChI is InChI=1S/C3H7N2/c1-3(4)5-2/h5H,1-2H3. The molecular formula is C3H7N2. The topological polar surface area (TPSA) is 34.3 Å². The normalized spacial score (nSPS) is 6.80. The van der Waals surface area contributed by atoms with Gasteiger partial charge in [-0.25, -0.2) is 0 Å². The van der Waals surface area contributed by atoms with E-state index in [9.17, 15) is 0 Å². The van der Waals surface area contributed by atoms with E-state index < -0.39 is 0 Å². The lowest BCUT2D eigenvalue weighted by molar-refractivity contribution is 1.16. The lowest BCUT2D eigenvalue weighted by Gasteiger charge is -1.83. The molecule has 0 saturated heterocycles. The maximum atomic E-state index is 8.17. The van der Waals surface area contributed by atoms with Crippen molar-refractivity contribution in [3.63, 3.8) is 0 Å². The second-order valence-electron chi connectivity index (χ2n) is 0.835. The van der Waals surface area contributed by atoms with Gasteiger partial charge in [-0.05, 0) is 6.92 Å². The third-order valence-corrected chi connectivity index (χ3v) is 0.362. The summed E-state index contributed by atoms with van der Waals surface area (Å²) in [6.07, 6.45) is 0. The molecule has 0 spiro atoms. The summed E-state index contributed by atoms with van der Waals surface area (Å²) in [6, 6.07) is 0. The summed E-state index contributed by atoms with van der Waals surface area (Å²) in [6.45, 7) is 1.58. The zero-order valence-electron chi connectivity index (χ0n) is 3.45. The van der Waals surface area contributed by atoms with E-state index in [-0.39, 0.29) is 5.84 Å². The van der Waals surface area contributed by atoms with Crippen molar-refractivity contribution in [1.82, 2.24) is 10.7 Å². The zero-order chi connectivity index (χ0) is 4.28. The molecule has 1 radical (unpaired) electrons. The van der Waals surface area contributed by atoms with Crippen molar-refractivity contribution in [1.29, 1.82) is 0 Å². The van der Waals surface area contributed by atoms with E-state index in [0.29, 0.717) is 0 Å². The maximum Gasteiger partial charge on any atom is 0.121 e. The van der Waals surface area contributed by atoms with Gasteiger partial charge >= 0.3 is 0 Å². The lowest BCUT2D eigenvalue weighted by Crippen LogP contribution is -2.13. The van der Waals surface area contributed by atoms with Crippen LogP contribution in [0.25, 0.3) is 0 Å². The summed E-state index contributed by atoms with van der Waals surface area (Å²) in [4.78, 5) is 0. The highest BCUT2D eigenvalue weighted by Gasteiger charge is 1.68. The molecule has 0 atom stereocenters. The monoisotopic (exact) mass is 71.1 g/mol. The van der Waals surface area contributed by atoms with E-state index in [1.165, 1.54) is 0 Å². The van der Waals surface area contributed by atoms with Crippen LogP contribution in [0.3, 0.4) is 0 Å². The van der Waals surface area contributed by atoms with Crippen LogP contribution in [0, 0.1) is 0 Å². The first-order chi connectivity index (χ1) is 2.27. The molecule has 0 aliphatic heterocycles. The van der Waals surface area contributed by atoms with E-state index in [2.05, 4.69) is 5.32 Å². The summed E-state index contributed by atoms with van der Waals surface area (Å²) < 4.78 is 0. The fourth-order valence-corrected chi connectivity index (χ4v) is 0. The number of hydrogen-bond acceptors (Lipinski definition) is 0. The van der Waals surface area contributed by atoms with Gasteiger partial charge in [-0.3, -0.25) is 0 Å². The SMILES string of the molecule is CNC(C)=[N]. The zero-order valence-corrected chi connectivity index (χ0v) is 3.45. The third-order valence-electron chi connectivity index (χ3n) is 0.362. The van der Waals surface area contributed by atoms with Crippen molar-refractivity contribution in [2.75, 3.05) is 7.05 Å². The van der Waals surface area contributed by atoms with E-state index in [0.717, 1.165) is 0 Å². The Morgan fingerprint density at radius 3 is 2.00 bits per heavy atom. The summed E-state index contributed by atoms with van der Waals surface area (Å²) in [5.74, 6) is 0.255. The molecule has 0 aromatic rings. The van der Waals surface area contributed by atoms with Gasteiger partial charge in [0.2, 0.25) is 0 Å². The van der Waals surface area contributed by atoms with Crippen LogP contribution in [0.5, 0.6) is 0 Å². The van der Waals surface area contributed by atoms with Gasteiger partial charge in [-0.1, -0.05) is 0 Å². The second kappa shape index (κ2) is 1.76. The molecule has 1 N–H and O–H groups in total. The third kappa shape index (κ3) is 3.47. The fourth-order valence-electron chi connectivity index (χ4n) is 0. The maximum absolute atomic E-state index is 8.17. The van der Waals surface area contributed by atoms with Crippen molar-refractivity contribution in [2.45, 2.75) is 6.92 Å². The van der Waals surface area contributed by atoms with Gasteiger partial charge in [0, 0.05) is 7.05 Å². The molecule has 0 aromatic heterocycles. The predicted molar refractivity (Wildman–Crippen MR) is 21.9 cm³/mol. The number of rotatable bonds is 0. The highest BCUT2D eigenvalue weighted by molar-refractivity contribution is 5.76. The van der Waals surface area contributed by atoms with Gasteiger partial charge in [0.25, 0.3) is 0 Å². The van der Waals surface area contributed by atoms with Gasteiger partial charge in [0.05, 0.1) is 0 Å². The van der Waals surface area contributed by atoms with Gasteiger partial charge in [-0.15, -0.1) is 5.41 Å². The Hall–Kier alpha value is -0.530. The van der Waals surface area contributed by atoms with Gasteiger partial charge in [0.1, 0.15) is 5.84 Å². The number of hydrogen-bond donors (Lipinski definition) is 1. The average Bonchev–Trinajstić information content (AvgIpc) is 1.38. The number of nitrogens with one attached hydrogen (secondary N) is 1. The van der Waals surface area contributed by atoms with E-state index in [1.54, 1.807) is 14.0 Å². The van der Waals surface area contributed by atoms with E-state index in [4.69, 9.17) is 5.41 Å². The van der Waals surface area contributed by atoms with Gasteiger partial charge in [-0.2, -0.15) is 0 Å². The summed E-state index contributed by atoms with van der Waals surface area (Å²) in [7, 11) is 1.66. The minimum absolute atomic E-state index is 0.255. The minimum atomic E-state index is 0.255. The molecule has 5 heavy (non-hydrogen) atoms. The first-order valence-electron chi connectivity index (χ1n) is 1.47. The molecule has 0 bridgehead atoms. The molecule has 2 nitrogen and oxygen atoms in total. The van der Waals surface area contributed by atoms with Crippen LogP contribution < -0.4 is 10.7 Å². The van der Waals surface area contributed by atoms with Crippen LogP contribution >= 0.6 is 0 Å². The van der Waals surface area contributed by atoms with Crippen LogP contribution in [0.2, 0.25) is 0 Å². The number of amidine groups is 1. The van der Waals surface area contributed by atoms with Crippen LogP contribution in [0.1, 0.15) is 6.92 Å². The molecule has 0 fully saturated rings. The molecule has 0 heterocycles. The molecule has 0 aromatic carbocycles. The lowest BCUT2D eigenvalue weighted by atomic mass is 10.7. The Morgan fingerprint density at radius 2 is 2.00 bits per heavy atom. The molecule has 0 aliphatic carbocycles. The molecule has 0 amide bonds. The van der Waals surface area contributed by atoms with Crippen molar-refractivity contribution in [3.8, 4) is 0 Å². The second-order valence-corrected chi connectivity index (χ2v) is 0.835. The first-order valence-corrected chi connectivity index (χ1v) is 1.47. The molecule has 0 unspecified atom stereocenters. The summed E-state index contributed by atoms with van der Waals surface area (Å²) in [5, 5.41) is 10.7. The Kier molecular flexibility index (Phi) is 1.57. The Morgan fingerprint density at radius 1 is 1.80 bits per heavy atom. The first kappa shape index (κ1) is 4.47. The molecule has 0 rings (SSSR count). The van der Waals surface area contributed by atoms with Crippen molar-refractivity contribution in [3.05, 3.63) is 0 Å². The van der Waals surface area contributed by atoms with E-state index >= 15 is 0 Å². The fraction of sp³-hybridized carbons (Fsp3) is 0.667. The Bertz CT molecular complexity index is 40.2. The van der Waals surface area contributed by atoms with Crippen LogP contribution in [0.15, 0.2) is 0 Å². The van der Waals surface area contributed by atoms with Crippen molar-refractivity contribution in [2.24, 2.45) is 0 Å². The summed E-state index contributed by atoms with van der Waals surface area (Å²) >= 11 is 0. The highest BCUT2D eigenvalue weighted by Crippen LogP contribution is 1.43. The van der Waals surface area contributed by atoms with Crippen LogP contribution in [-0.4, -0.2) is 12.9 Å². The molecule has 0 aliphatic rings. The largest absolute Gasteiger partial charge is 0.375 e. The van der Waals surface area contributed by atoms with Gasteiger partial charge < -0.3 is 5.32 Å². The molecule has 2 heteroatoms.